The molecule has 4 heteroatoms. The molecule has 1 saturated heterocycles. The van der Waals surface area contributed by atoms with Crippen LogP contribution < -0.4 is 0 Å². The molecule has 4 nitrogen and oxygen atoms in total. The zero-order valence-electron chi connectivity index (χ0n) is 8.06. The number of rotatable bonds is 3. The third-order valence-electron chi connectivity index (χ3n) is 2.67. The number of nitrogens with zero attached hydrogens (tertiary/aromatic N) is 1. The molecule has 0 spiro atoms. The third-order valence-corrected chi connectivity index (χ3v) is 2.67. The summed E-state index contributed by atoms with van der Waals surface area (Å²) in [5.41, 5.74) is 0. The fourth-order valence-corrected chi connectivity index (χ4v) is 1.90. The smallest absolute Gasteiger partial charge is 0.0976 e. The van der Waals surface area contributed by atoms with Crippen molar-refractivity contribution in [1.82, 2.24) is 4.90 Å². The van der Waals surface area contributed by atoms with Crippen LogP contribution in [-0.4, -0.2) is 58.2 Å². The first-order chi connectivity index (χ1) is 6.20. The number of piperidine rings is 1. The molecular formula is C9H19NO3. The Balaban J connectivity index is 2.55. The highest BCUT2D eigenvalue weighted by Crippen LogP contribution is 2.18. The Hall–Kier alpha value is -0.160. The van der Waals surface area contributed by atoms with Crippen LogP contribution in [0.1, 0.15) is 19.8 Å². The molecule has 0 bridgehead atoms. The van der Waals surface area contributed by atoms with E-state index in [-0.39, 0.29) is 12.6 Å². The fourth-order valence-electron chi connectivity index (χ4n) is 1.90. The van der Waals surface area contributed by atoms with Crippen LogP contribution in [-0.2, 0) is 0 Å². The minimum atomic E-state index is -0.801. The van der Waals surface area contributed by atoms with Crippen molar-refractivity contribution in [3.8, 4) is 0 Å². The van der Waals surface area contributed by atoms with Crippen LogP contribution in [0.2, 0.25) is 0 Å². The Morgan fingerprint density at radius 2 is 2.08 bits per heavy atom. The SMILES string of the molecule is CCCN1CC[C@@H](O)C(O)C1CO. The van der Waals surface area contributed by atoms with Gasteiger partial charge in [-0.3, -0.25) is 4.90 Å². The van der Waals surface area contributed by atoms with Crippen LogP contribution in [0.4, 0.5) is 0 Å². The predicted octanol–water partition coefficient (Wildman–Crippen LogP) is -0.815. The molecule has 1 rings (SSSR count). The first-order valence-corrected chi connectivity index (χ1v) is 4.91. The van der Waals surface area contributed by atoms with Crippen molar-refractivity contribution in [2.45, 2.75) is 38.0 Å². The first kappa shape index (κ1) is 10.9. The zero-order valence-corrected chi connectivity index (χ0v) is 8.06. The van der Waals surface area contributed by atoms with Gasteiger partial charge in [0.1, 0.15) is 0 Å². The van der Waals surface area contributed by atoms with Crippen LogP contribution in [0.25, 0.3) is 0 Å². The molecule has 1 aliphatic rings. The lowest BCUT2D eigenvalue weighted by Crippen LogP contribution is -2.56. The monoisotopic (exact) mass is 189 g/mol. The quantitative estimate of drug-likeness (QED) is 0.543. The van der Waals surface area contributed by atoms with Gasteiger partial charge in [0.15, 0.2) is 0 Å². The summed E-state index contributed by atoms with van der Waals surface area (Å²) in [5.74, 6) is 0. The van der Waals surface area contributed by atoms with Gasteiger partial charge < -0.3 is 15.3 Å². The van der Waals surface area contributed by atoms with Gasteiger partial charge in [-0.25, -0.2) is 0 Å². The van der Waals surface area contributed by atoms with Gasteiger partial charge in [0.05, 0.1) is 24.9 Å². The van der Waals surface area contributed by atoms with Crippen molar-refractivity contribution in [3.63, 3.8) is 0 Å². The Morgan fingerprint density at radius 1 is 1.38 bits per heavy atom. The molecule has 3 N–H and O–H groups in total. The van der Waals surface area contributed by atoms with Gasteiger partial charge in [-0.2, -0.15) is 0 Å². The van der Waals surface area contributed by atoms with E-state index in [4.69, 9.17) is 5.11 Å². The second-order valence-electron chi connectivity index (χ2n) is 3.63. The van der Waals surface area contributed by atoms with Gasteiger partial charge in [0.2, 0.25) is 0 Å². The summed E-state index contributed by atoms with van der Waals surface area (Å²) in [6.45, 7) is 3.61. The van der Waals surface area contributed by atoms with Crippen LogP contribution in [0.15, 0.2) is 0 Å². The molecule has 1 aliphatic heterocycles. The maximum atomic E-state index is 9.58. The van der Waals surface area contributed by atoms with Gasteiger partial charge in [-0.1, -0.05) is 6.92 Å². The lowest BCUT2D eigenvalue weighted by molar-refractivity contribution is -0.0892. The Kier molecular flexibility index (Phi) is 4.12. The van der Waals surface area contributed by atoms with E-state index in [9.17, 15) is 10.2 Å². The van der Waals surface area contributed by atoms with Gasteiger partial charge in [-0.05, 0) is 19.4 Å². The van der Waals surface area contributed by atoms with Crippen molar-refractivity contribution < 1.29 is 15.3 Å². The number of likely N-dealkylation sites (tertiary alicyclic amines) is 1. The summed E-state index contributed by atoms with van der Waals surface area (Å²) in [4.78, 5) is 2.04. The summed E-state index contributed by atoms with van der Waals surface area (Å²) >= 11 is 0. The van der Waals surface area contributed by atoms with Crippen LogP contribution in [0.5, 0.6) is 0 Å². The van der Waals surface area contributed by atoms with Crippen LogP contribution >= 0.6 is 0 Å². The van der Waals surface area contributed by atoms with E-state index in [1.165, 1.54) is 0 Å². The third kappa shape index (κ3) is 2.40. The minimum Gasteiger partial charge on any atom is -0.395 e. The van der Waals surface area contributed by atoms with Gasteiger partial charge >= 0.3 is 0 Å². The molecule has 0 saturated carbocycles. The number of hydrogen-bond acceptors (Lipinski definition) is 4. The van der Waals surface area contributed by atoms with Gasteiger partial charge in [0.25, 0.3) is 0 Å². The molecule has 2 unspecified atom stereocenters. The molecular weight excluding hydrogens is 170 g/mol. The molecule has 0 aromatic heterocycles. The number of aliphatic hydroxyl groups is 3. The molecule has 13 heavy (non-hydrogen) atoms. The van der Waals surface area contributed by atoms with E-state index in [2.05, 4.69) is 6.92 Å². The van der Waals surface area contributed by atoms with E-state index >= 15 is 0 Å². The molecule has 1 heterocycles. The lowest BCUT2D eigenvalue weighted by atomic mass is 9.96. The van der Waals surface area contributed by atoms with E-state index in [1.807, 2.05) is 4.90 Å². The van der Waals surface area contributed by atoms with Crippen molar-refractivity contribution in [2.24, 2.45) is 0 Å². The molecule has 78 valence electrons. The second-order valence-corrected chi connectivity index (χ2v) is 3.63. The standard InChI is InChI=1S/C9H19NO3/c1-2-4-10-5-3-8(12)9(13)7(10)6-11/h7-9,11-13H,2-6H2,1H3/t7?,8-,9?/m1/s1. The van der Waals surface area contributed by atoms with E-state index in [1.54, 1.807) is 0 Å². The summed E-state index contributed by atoms with van der Waals surface area (Å²) in [5, 5.41) is 28.0. The molecule has 0 aromatic carbocycles. The largest absolute Gasteiger partial charge is 0.395 e. The topological polar surface area (TPSA) is 63.9 Å². The molecule has 0 radical (unpaired) electrons. The average molecular weight is 189 g/mol. The zero-order chi connectivity index (χ0) is 9.84. The fraction of sp³-hybridized carbons (Fsp3) is 1.00. The Morgan fingerprint density at radius 3 is 2.62 bits per heavy atom. The Bertz CT molecular complexity index is 154. The minimum absolute atomic E-state index is 0.0851. The summed E-state index contributed by atoms with van der Waals surface area (Å²) in [7, 11) is 0. The molecule has 3 atom stereocenters. The predicted molar refractivity (Wildman–Crippen MR) is 49.4 cm³/mol. The van der Waals surface area contributed by atoms with Crippen molar-refractivity contribution in [2.75, 3.05) is 19.7 Å². The van der Waals surface area contributed by atoms with Crippen LogP contribution in [0, 0.1) is 0 Å². The van der Waals surface area contributed by atoms with Gasteiger partial charge in [-0.15, -0.1) is 0 Å². The Labute approximate surface area is 78.8 Å². The normalized spacial score (nSPS) is 36.5. The average Bonchev–Trinajstić information content (AvgIpc) is 2.12. The maximum Gasteiger partial charge on any atom is 0.0976 e. The summed E-state index contributed by atoms with van der Waals surface area (Å²) in [6.07, 6.45) is 0.118. The van der Waals surface area contributed by atoms with Crippen molar-refractivity contribution in [1.29, 1.82) is 0 Å². The highest BCUT2D eigenvalue weighted by molar-refractivity contribution is 4.88. The lowest BCUT2D eigenvalue weighted by Gasteiger charge is -2.40. The molecule has 0 aliphatic carbocycles. The van der Waals surface area contributed by atoms with E-state index in [0.717, 1.165) is 19.5 Å². The number of hydrogen-bond donors (Lipinski definition) is 3. The molecule has 0 aromatic rings. The molecule has 0 amide bonds. The highest BCUT2D eigenvalue weighted by Gasteiger charge is 2.34. The van der Waals surface area contributed by atoms with Crippen LogP contribution in [0.3, 0.4) is 0 Å². The summed E-state index contributed by atoms with van der Waals surface area (Å²) in [6, 6.07) is -0.288. The van der Waals surface area contributed by atoms with Crippen molar-refractivity contribution in [3.05, 3.63) is 0 Å². The van der Waals surface area contributed by atoms with Crippen molar-refractivity contribution >= 4 is 0 Å². The second kappa shape index (κ2) is 4.91. The highest BCUT2D eigenvalue weighted by atomic mass is 16.3. The maximum absolute atomic E-state index is 9.58. The van der Waals surface area contributed by atoms with E-state index in [0.29, 0.717) is 6.42 Å². The number of aliphatic hydroxyl groups excluding tert-OH is 3. The summed E-state index contributed by atoms with van der Waals surface area (Å²) < 4.78 is 0. The van der Waals surface area contributed by atoms with E-state index < -0.39 is 12.2 Å². The molecule has 1 fully saturated rings. The first-order valence-electron chi connectivity index (χ1n) is 4.91. The van der Waals surface area contributed by atoms with Gasteiger partial charge in [0, 0.05) is 6.54 Å².